The van der Waals surface area contributed by atoms with E-state index in [9.17, 15) is 0 Å². The molecule has 0 bridgehead atoms. The SMILES string of the molecule is CCO[C@@H](C)c1noc(COc2ccccc2-c2ncn[nH]2)n1. The third-order valence-electron chi connectivity index (χ3n) is 3.17. The van der Waals surface area contributed by atoms with Crippen molar-refractivity contribution in [2.45, 2.75) is 26.6 Å². The Balaban J connectivity index is 1.70. The van der Waals surface area contributed by atoms with Crippen LogP contribution in [0.3, 0.4) is 0 Å². The molecule has 8 nitrogen and oxygen atoms in total. The fraction of sp³-hybridized carbons (Fsp3) is 0.333. The Kier molecular flexibility index (Phi) is 4.62. The summed E-state index contributed by atoms with van der Waals surface area (Å²) in [7, 11) is 0. The maximum atomic E-state index is 5.78. The first-order valence-corrected chi connectivity index (χ1v) is 7.29. The second kappa shape index (κ2) is 7.01. The van der Waals surface area contributed by atoms with E-state index in [1.165, 1.54) is 6.33 Å². The predicted molar refractivity (Wildman–Crippen MR) is 80.5 cm³/mol. The van der Waals surface area contributed by atoms with Crippen molar-refractivity contribution in [2.24, 2.45) is 0 Å². The van der Waals surface area contributed by atoms with Gasteiger partial charge in [-0.1, -0.05) is 17.3 Å². The van der Waals surface area contributed by atoms with E-state index in [4.69, 9.17) is 14.0 Å². The minimum atomic E-state index is -0.209. The Labute approximate surface area is 132 Å². The molecule has 0 aliphatic heterocycles. The van der Waals surface area contributed by atoms with E-state index in [1.807, 2.05) is 38.1 Å². The fourth-order valence-electron chi connectivity index (χ4n) is 2.08. The highest BCUT2D eigenvalue weighted by Crippen LogP contribution is 2.27. The van der Waals surface area contributed by atoms with Crippen molar-refractivity contribution in [1.29, 1.82) is 0 Å². The number of aromatic amines is 1. The van der Waals surface area contributed by atoms with Gasteiger partial charge < -0.3 is 14.0 Å². The molecule has 3 rings (SSSR count). The van der Waals surface area contributed by atoms with Crippen LogP contribution >= 0.6 is 0 Å². The first-order valence-electron chi connectivity index (χ1n) is 7.29. The zero-order valence-corrected chi connectivity index (χ0v) is 12.9. The minimum absolute atomic E-state index is 0.164. The molecule has 2 heterocycles. The number of benzene rings is 1. The first-order chi connectivity index (χ1) is 11.3. The fourth-order valence-corrected chi connectivity index (χ4v) is 2.08. The maximum Gasteiger partial charge on any atom is 0.264 e. The number of hydrogen-bond acceptors (Lipinski definition) is 7. The van der Waals surface area contributed by atoms with E-state index >= 15 is 0 Å². The molecule has 0 aliphatic carbocycles. The summed E-state index contributed by atoms with van der Waals surface area (Å²) in [5, 5.41) is 10.6. The van der Waals surface area contributed by atoms with Gasteiger partial charge in [-0.05, 0) is 26.0 Å². The van der Waals surface area contributed by atoms with Crippen LogP contribution in [0.5, 0.6) is 5.75 Å². The van der Waals surface area contributed by atoms with Crippen molar-refractivity contribution in [3.63, 3.8) is 0 Å². The molecule has 0 aliphatic rings. The van der Waals surface area contributed by atoms with Crippen LogP contribution in [-0.2, 0) is 11.3 Å². The van der Waals surface area contributed by atoms with Crippen molar-refractivity contribution in [2.75, 3.05) is 6.61 Å². The van der Waals surface area contributed by atoms with Gasteiger partial charge >= 0.3 is 0 Å². The van der Waals surface area contributed by atoms with E-state index in [0.29, 0.717) is 29.9 Å². The highest BCUT2D eigenvalue weighted by molar-refractivity contribution is 5.63. The summed E-state index contributed by atoms with van der Waals surface area (Å²) < 4.78 is 16.4. The third-order valence-corrected chi connectivity index (χ3v) is 3.17. The van der Waals surface area contributed by atoms with Crippen molar-refractivity contribution < 1.29 is 14.0 Å². The zero-order chi connectivity index (χ0) is 16.1. The average molecular weight is 315 g/mol. The second-order valence-electron chi connectivity index (χ2n) is 4.76. The van der Waals surface area contributed by atoms with Gasteiger partial charge in [0.25, 0.3) is 5.89 Å². The summed E-state index contributed by atoms with van der Waals surface area (Å²) >= 11 is 0. The van der Waals surface area contributed by atoms with Crippen LogP contribution in [0, 0.1) is 0 Å². The summed E-state index contributed by atoms with van der Waals surface area (Å²) in [5.41, 5.74) is 0.812. The van der Waals surface area contributed by atoms with Gasteiger partial charge in [-0.2, -0.15) is 10.1 Å². The molecule has 0 fully saturated rings. The van der Waals surface area contributed by atoms with Crippen molar-refractivity contribution in [3.05, 3.63) is 42.3 Å². The lowest BCUT2D eigenvalue weighted by Gasteiger charge is -2.07. The van der Waals surface area contributed by atoms with Crippen LogP contribution in [0.15, 0.2) is 35.1 Å². The van der Waals surface area contributed by atoms with E-state index in [2.05, 4.69) is 25.3 Å². The number of nitrogens with one attached hydrogen (secondary N) is 1. The molecule has 1 N–H and O–H groups in total. The van der Waals surface area contributed by atoms with E-state index in [-0.39, 0.29) is 12.7 Å². The lowest BCUT2D eigenvalue weighted by molar-refractivity contribution is 0.0683. The number of rotatable bonds is 7. The summed E-state index contributed by atoms with van der Waals surface area (Å²) in [6.45, 7) is 4.54. The molecule has 0 radical (unpaired) electrons. The molecule has 23 heavy (non-hydrogen) atoms. The number of para-hydroxylation sites is 1. The van der Waals surface area contributed by atoms with Crippen LogP contribution in [0.4, 0.5) is 0 Å². The highest BCUT2D eigenvalue weighted by atomic mass is 16.5. The Morgan fingerprint density at radius 1 is 1.30 bits per heavy atom. The summed E-state index contributed by atoms with van der Waals surface area (Å²) in [5.74, 6) is 2.19. The Bertz CT molecular complexity index is 741. The van der Waals surface area contributed by atoms with Crippen molar-refractivity contribution in [1.82, 2.24) is 25.3 Å². The number of H-pyrrole nitrogens is 1. The highest BCUT2D eigenvalue weighted by Gasteiger charge is 2.15. The monoisotopic (exact) mass is 315 g/mol. The van der Waals surface area contributed by atoms with Gasteiger partial charge in [-0.3, -0.25) is 5.10 Å². The summed E-state index contributed by atoms with van der Waals surface area (Å²) in [6.07, 6.45) is 1.24. The van der Waals surface area contributed by atoms with Gasteiger partial charge in [0.15, 0.2) is 18.3 Å². The molecule has 0 amide bonds. The normalized spacial score (nSPS) is 12.3. The van der Waals surface area contributed by atoms with E-state index in [0.717, 1.165) is 5.56 Å². The predicted octanol–water partition coefficient (Wildman–Crippen LogP) is 2.53. The Hall–Kier alpha value is -2.74. The Morgan fingerprint density at radius 2 is 2.17 bits per heavy atom. The van der Waals surface area contributed by atoms with Gasteiger partial charge in [-0.25, -0.2) is 4.98 Å². The molecule has 1 aromatic carbocycles. The summed E-state index contributed by atoms with van der Waals surface area (Å²) in [4.78, 5) is 8.41. The van der Waals surface area contributed by atoms with Crippen LogP contribution in [0.25, 0.3) is 11.4 Å². The lowest BCUT2D eigenvalue weighted by Crippen LogP contribution is -2.02. The van der Waals surface area contributed by atoms with E-state index in [1.54, 1.807) is 0 Å². The van der Waals surface area contributed by atoms with Crippen molar-refractivity contribution in [3.8, 4) is 17.1 Å². The zero-order valence-electron chi connectivity index (χ0n) is 12.9. The standard InChI is InChI=1S/C15H17N5O3/c1-3-21-10(2)14-18-13(23-20-14)8-22-12-7-5-4-6-11(12)15-16-9-17-19-15/h4-7,9-10H,3,8H2,1-2H3,(H,16,17,19)/t10-/m0/s1. The second-order valence-corrected chi connectivity index (χ2v) is 4.76. The van der Waals surface area contributed by atoms with Crippen LogP contribution < -0.4 is 4.74 Å². The van der Waals surface area contributed by atoms with E-state index < -0.39 is 0 Å². The first kappa shape index (κ1) is 15.2. The largest absolute Gasteiger partial charge is 0.483 e. The van der Waals surface area contributed by atoms with Crippen LogP contribution in [0.1, 0.15) is 31.7 Å². The minimum Gasteiger partial charge on any atom is -0.483 e. The number of nitrogens with zero attached hydrogens (tertiary/aromatic N) is 4. The molecule has 2 aromatic heterocycles. The smallest absolute Gasteiger partial charge is 0.264 e. The molecule has 0 spiro atoms. The van der Waals surface area contributed by atoms with Gasteiger partial charge in [0.1, 0.15) is 18.2 Å². The molecule has 8 heteroatoms. The van der Waals surface area contributed by atoms with Crippen LogP contribution in [-0.4, -0.2) is 31.9 Å². The number of ether oxygens (including phenoxy) is 2. The van der Waals surface area contributed by atoms with Crippen molar-refractivity contribution >= 4 is 0 Å². The third kappa shape index (κ3) is 3.54. The van der Waals surface area contributed by atoms with Crippen LogP contribution in [0.2, 0.25) is 0 Å². The molecular weight excluding hydrogens is 298 g/mol. The molecule has 120 valence electrons. The molecule has 3 aromatic rings. The number of hydrogen-bond donors (Lipinski definition) is 1. The quantitative estimate of drug-likeness (QED) is 0.715. The molecule has 0 saturated carbocycles. The van der Waals surface area contributed by atoms with Gasteiger partial charge in [0.2, 0.25) is 0 Å². The average Bonchev–Trinajstić information content (AvgIpc) is 3.25. The Morgan fingerprint density at radius 3 is 2.96 bits per heavy atom. The summed E-state index contributed by atoms with van der Waals surface area (Å²) in [6, 6.07) is 7.52. The van der Waals surface area contributed by atoms with Gasteiger partial charge in [0, 0.05) is 6.61 Å². The van der Waals surface area contributed by atoms with Gasteiger partial charge in [0.05, 0.1) is 5.56 Å². The topological polar surface area (TPSA) is 99.0 Å². The molecule has 0 saturated heterocycles. The maximum absolute atomic E-state index is 5.78. The molecule has 0 unspecified atom stereocenters. The van der Waals surface area contributed by atoms with Gasteiger partial charge in [-0.15, -0.1) is 0 Å². The molecular formula is C15H17N5O3. The number of aromatic nitrogens is 5. The lowest BCUT2D eigenvalue weighted by atomic mass is 10.2. The molecule has 1 atom stereocenters.